The molecule has 0 saturated carbocycles. The van der Waals surface area contributed by atoms with Gasteiger partial charge >= 0.3 is 0 Å². The number of aryl methyl sites for hydroxylation is 1. The molecule has 1 aromatic carbocycles. The number of benzene rings is 1. The van der Waals surface area contributed by atoms with Crippen LogP contribution in [0.5, 0.6) is 0 Å². The van der Waals surface area contributed by atoms with Crippen molar-refractivity contribution in [3.05, 3.63) is 39.8 Å². The highest BCUT2D eigenvalue weighted by Crippen LogP contribution is 2.33. The van der Waals surface area contributed by atoms with Gasteiger partial charge in [0.2, 0.25) is 0 Å². The molecule has 0 aliphatic rings. The van der Waals surface area contributed by atoms with E-state index in [0.29, 0.717) is 15.1 Å². The molecule has 1 heterocycles. The van der Waals surface area contributed by atoms with Crippen molar-refractivity contribution < 1.29 is 4.39 Å². The molecule has 0 aliphatic heterocycles. The number of hydrogen-bond donors (Lipinski definition) is 0. The molecule has 0 N–H and O–H groups in total. The average molecular weight is 290 g/mol. The number of aromatic nitrogens is 2. The van der Waals surface area contributed by atoms with Crippen molar-refractivity contribution >= 4 is 27.5 Å². The van der Waals surface area contributed by atoms with Crippen LogP contribution >= 0.6 is 27.5 Å². The van der Waals surface area contributed by atoms with Gasteiger partial charge in [-0.3, -0.25) is 4.68 Å². The molecule has 5 heteroatoms. The lowest BCUT2D eigenvalue weighted by Crippen LogP contribution is -1.86. The smallest absolute Gasteiger partial charge is 0.133 e. The van der Waals surface area contributed by atoms with E-state index in [-0.39, 0.29) is 5.82 Å². The van der Waals surface area contributed by atoms with Gasteiger partial charge in [0.1, 0.15) is 5.82 Å². The van der Waals surface area contributed by atoms with Crippen LogP contribution in [0.3, 0.4) is 0 Å². The van der Waals surface area contributed by atoms with Crippen LogP contribution in [0.1, 0.15) is 0 Å². The van der Waals surface area contributed by atoms with Crippen LogP contribution < -0.4 is 0 Å². The molecule has 1 aromatic heterocycles. The largest absolute Gasteiger partial charge is 0.275 e. The van der Waals surface area contributed by atoms with Gasteiger partial charge in [0.15, 0.2) is 0 Å². The van der Waals surface area contributed by atoms with E-state index < -0.39 is 0 Å². The van der Waals surface area contributed by atoms with Gasteiger partial charge in [0.05, 0.1) is 6.20 Å². The maximum absolute atomic E-state index is 13.7. The van der Waals surface area contributed by atoms with Gasteiger partial charge in [-0.2, -0.15) is 5.10 Å². The lowest BCUT2D eigenvalue weighted by Gasteiger charge is -2.03. The number of rotatable bonds is 1. The lowest BCUT2D eigenvalue weighted by atomic mass is 10.1. The van der Waals surface area contributed by atoms with Gasteiger partial charge in [0, 0.05) is 33.9 Å². The number of halogens is 3. The topological polar surface area (TPSA) is 17.8 Å². The molecule has 0 amide bonds. The predicted octanol–water partition coefficient (Wildman–Crippen LogP) is 3.64. The fourth-order valence-electron chi connectivity index (χ4n) is 1.37. The second-order valence-corrected chi connectivity index (χ2v) is 4.44. The average Bonchev–Trinajstić information content (AvgIpc) is 2.49. The molecule has 0 radical (unpaired) electrons. The minimum absolute atomic E-state index is 0.359. The third-order valence-electron chi connectivity index (χ3n) is 2.00. The minimum atomic E-state index is -0.359. The Hall–Kier alpha value is -0.870. The highest BCUT2D eigenvalue weighted by atomic mass is 79.9. The van der Waals surface area contributed by atoms with Crippen LogP contribution in [0.15, 0.2) is 29.0 Å². The van der Waals surface area contributed by atoms with Crippen molar-refractivity contribution in [1.29, 1.82) is 0 Å². The van der Waals surface area contributed by atoms with E-state index in [2.05, 4.69) is 21.0 Å². The molecule has 78 valence electrons. The van der Waals surface area contributed by atoms with Crippen molar-refractivity contribution in [3.8, 4) is 11.1 Å². The molecule has 2 rings (SSSR count). The second-order valence-electron chi connectivity index (χ2n) is 3.15. The zero-order valence-electron chi connectivity index (χ0n) is 7.84. The fourth-order valence-corrected chi connectivity index (χ4v) is 2.37. The number of nitrogens with zero attached hydrogens (tertiary/aromatic N) is 2. The first-order valence-electron chi connectivity index (χ1n) is 4.21. The van der Waals surface area contributed by atoms with E-state index in [1.165, 1.54) is 6.07 Å². The number of hydrogen-bond acceptors (Lipinski definition) is 1. The highest BCUT2D eigenvalue weighted by molar-refractivity contribution is 9.10. The van der Waals surface area contributed by atoms with Crippen LogP contribution in [0.25, 0.3) is 11.1 Å². The third kappa shape index (κ3) is 2.06. The summed E-state index contributed by atoms with van der Waals surface area (Å²) < 4.78 is 15.9. The Morgan fingerprint density at radius 1 is 1.47 bits per heavy atom. The zero-order valence-corrected chi connectivity index (χ0v) is 10.2. The van der Waals surface area contributed by atoms with Crippen LogP contribution in [0.4, 0.5) is 4.39 Å². The molecule has 15 heavy (non-hydrogen) atoms. The summed E-state index contributed by atoms with van der Waals surface area (Å²) in [6.45, 7) is 0. The van der Waals surface area contributed by atoms with Gasteiger partial charge < -0.3 is 0 Å². The summed E-state index contributed by atoms with van der Waals surface area (Å²) in [5.41, 5.74) is 1.20. The van der Waals surface area contributed by atoms with Gasteiger partial charge in [-0.1, -0.05) is 11.6 Å². The molecule has 0 unspecified atom stereocenters. The van der Waals surface area contributed by atoms with Crippen LogP contribution in [0.2, 0.25) is 5.02 Å². The first-order chi connectivity index (χ1) is 7.08. The summed E-state index contributed by atoms with van der Waals surface area (Å²) in [6, 6.07) is 2.95. The predicted molar refractivity (Wildman–Crippen MR) is 61.3 cm³/mol. The van der Waals surface area contributed by atoms with E-state index in [9.17, 15) is 4.39 Å². The van der Waals surface area contributed by atoms with Crippen molar-refractivity contribution in [2.75, 3.05) is 0 Å². The Balaban J connectivity index is 2.62. The van der Waals surface area contributed by atoms with Crippen LogP contribution in [-0.2, 0) is 7.05 Å². The first kappa shape index (κ1) is 10.6. The summed E-state index contributed by atoms with van der Waals surface area (Å²) in [5.74, 6) is -0.359. The van der Waals surface area contributed by atoms with E-state index in [1.54, 1.807) is 30.2 Å². The van der Waals surface area contributed by atoms with Gasteiger partial charge in [0.25, 0.3) is 0 Å². The molecule has 0 fully saturated rings. The van der Waals surface area contributed by atoms with E-state index in [1.807, 2.05) is 0 Å². The summed E-state index contributed by atoms with van der Waals surface area (Å²) in [4.78, 5) is 0. The van der Waals surface area contributed by atoms with Crippen molar-refractivity contribution in [1.82, 2.24) is 9.78 Å². The first-order valence-corrected chi connectivity index (χ1v) is 5.38. The Morgan fingerprint density at radius 3 is 2.73 bits per heavy atom. The summed E-state index contributed by atoms with van der Waals surface area (Å²) in [6.07, 6.45) is 3.36. The molecule has 0 spiro atoms. The highest BCUT2D eigenvalue weighted by Gasteiger charge is 2.12. The molecule has 2 nitrogen and oxygen atoms in total. The Kier molecular flexibility index (Phi) is 2.80. The standard InChI is InChI=1S/C10H7BrClFN2/c1-15-5-6(4-14-15)10-8(11)2-7(12)3-9(10)13/h2-5H,1H3. The van der Waals surface area contributed by atoms with E-state index in [0.717, 1.165) is 5.56 Å². The Bertz CT molecular complexity index is 487. The van der Waals surface area contributed by atoms with Gasteiger partial charge in [-0.15, -0.1) is 0 Å². The summed E-state index contributed by atoms with van der Waals surface area (Å²) in [5, 5.41) is 4.36. The normalized spacial score (nSPS) is 10.7. The van der Waals surface area contributed by atoms with Crippen molar-refractivity contribution in [2.45, 2.75) is 0 Å². The second kappa shape index (κ2) is 3.94. The Morgan fingerprint density at radius 2 is 2.20 bits per heavy atom. The zero-order chi connectivity index (χ0) is 11.0. The van der Waals surface area contributed by atoms with Gasteiger partial charge in [-0.25, -0.2) is 4.39 Å². The van der Waals surface area contributed by atoms with Crippen molar-refractivity contribution in [2.24, 2.45) is 7.05 Å². The minimum Gasteiger partial charge on any atom is -0.275 e. The monoisotopic (exact) mass is 288 g/mol. The molecule has 2 aromatic rings. The third-order valence-corrected chi connectivity index (χ3v) is 2.84. The molecule has 0 aliphatic carbocycles. The van der Waals surface area contributed by atoms with Gasteiger partial charge in [-0.05, 0) is 28.1 Å². The Labute approximate surface area is 99.8 Å². The lowest BCUT2D eigenvalue weighted by molar-refractivity contribution is 0.630. The van der Waals surface area contributed by atoms with E-state index in [4.69, 9.17) is 11.6 Å². The SMILES string of the molecule is Cn1cc(-c2c(F)cc(Cl)cc2Br)cn1. The summed E-state index contributed by atoms with van der Waals surface area (Å²) in [7, 11) is 1.78. The quantitative estimate of drug-likeness (QED) is 0.783. The maximum atomic E-state index is 13.7. The molecular formula is C10H7BrClFN2. The summed E-state index contributed by atoms with van der Waals surface area (Å²) >= 11 is 9.01. The molecule has 0 bridgehead atoms. The van der Waals surface area contributed by atoms with Crippen LogP contribution in [-0.4, -0.2) is 9.78 Å². The molecular weight excluding hydrogens is 282 g/mol. The van der Waals surface area contributed by atoms with Crippen molar-refractivity contribution in [3.63, 3.8) is 0 Å². The fraction of sp³-hybridized carbons (Fsp3) is 0.100. The van der Waals surface area contributed by atoms with Crippen LogP contribution in [0, 0.1) is 5.82 Å². The molecule has 0 atom stereocenters. The molecule has 0 saturated heterocycles. The van der Waals surface area contributed by atoms with E-state index >= 15 is 0 Å². The maximum Gasteiger partial charge on any atom is 0.133 e.